The van der Waals surface area contributed by atoms with Crippen molar-refractivity contribution in [2.75, 3.05) is 11.5 Å². The molecule has 1 fully saturated rings. The Labute approximate surface area is 76.1 Å². The van der Waals surface area contributed by atoms with Crippen molar-refractivity contribution in [3.63, 3.8) is 0 Å². The molecule has 1 saturated heterocycles. The molecule has 74 valence electrons. The highest BCUT2D eigenvalue weighted by molar-refractivity contribution is 7.92. The van der Waals surface area contributed by atoms with Gasteiger partial charge in [-0.25, -0.2) is 18.6 Å². The molecule has 0 aliphatic carbocycles. The average Bonchev–Trinajstić information content (AvgIpc) is 1.99. The fourth-order valence-corrected chi connectivity index (χ4v) is 2.56. The lowest BCUT2D eigenvalue weighted by Crippen LogP contribution is -2.30. The van der Waals surface area contributed by atoms with Crippen LogP contribution in [-0.2, 0) is 9.84 Å². The molecule has 1 rings (SSSR count). The van der Waals surface area contributed by atoms with Crippen LogP contribution in [0, 0.1) is 0 Å². The van der Waals surface area contributed by atoms with Crippen LogP contribution >= 0.6 is 0 Å². The molecule has 13 heavy (non-hydrogen) atoms. The summed E-state index contributed by atoms with van der Waals surface area (Å²) in [4.78, 5) is 10.3. The fraction of sp³-hybridized carbons (Fsp3) is 0.667. The largest absolute Gasteiger partial charge is 0.350 e. The number of hydrogen-bond acceptors (Lipinski definition) is 4. The van der Waals surface area contributed by atoms with Crippen LogP contribution < -0.4 is 11.2 Å². The molecule has 0 spiro atoms. The zero-order chi connectivity index (χ0) is 9.90. The summed E-state index contributed by atoms with van der Waals surface area (Å²) in [5, 5.41) is 3.59. The molecular weight excluding hydrogens is 194 g/mol. The predicted octanol–water partition coefficient (Wildman–Crippen LogP) is -0.781. The third kappa shape index (κ3) is 3.41. The average molecular weight is 205 g/mol. The van der Waals surface area contributed by atoms with Crippen molar-refractivity contribution in [2.45, 2.75) is 12.8 Å². The van der Waals surface area contributed by atoms with Crippen LogP contribution in [0.5, 0.6) is 0 Å². The van der Waals surface area contributed by atoms with E-state index < -0.39 is 15.9 Å². The monoisotopic (exact) mass is 205 g/mol. The second kappa shape index (κ2) is 3.73. The molecule has 7 heteroatoms. The van der Waals surface area contributed by atoms with E-state index in [0.29, 0.717) is 18.6 Å². The van der Waals surface area contributed by atoms with Gasteiger partial charge in [0.2, 0.25) is 0 Å². The van der Waals surface area contributed by atoms with Crippen LogP contribution in [0.3, 0.4) is 0 Å². The topological polar surface area (TPSA) is 102 Å². The summed E-state index contributed by atoms with van der Waals surface area (Å²) in [6.45, 7) is 0. The standard InChI is InChI=1S/C6H11N3O3S/c7-6(10)9-8-5-2-1-3-13(11,12)4-5/h1-4H2,(H3,7,9,10). The molecule has 0 unspecified atom stereocenters. The second-order valence-electron chi connectivity index (χ2n) is 2.85. The molecule has 0 bridgehead atoms. The number of primary amides is 1. The molecule has 0 aromatic rings. The van der Waals surface area contributed by atoms with Gasteiger partial charge in [0, 0.05) is 0 Å². The van der Waals surface area contributed by atoms with Crippen molar-refractivity contribution >= 4 is 21.6 Å². The zero-order valence-corrected chi connectivity index (χ0v) is 7.80. The minimum atomic E-state index is -3.00. The number of carbonyl (C=O) groups is 1. The lowest BCUT2D eigenvalue weighted by Gasteiger charge is -2.12. The summed E-state index contributed by atoms with van der Waals surface area (Å²) in [7, 11) is -3.00. The zero-order valence-electron chi connectivity index (χ0n) is 6.99. The number of carbonyl (C=O) groups excluding carboxylic acids is 1. The van der Waals surface area contributed by atoms with Gasteiger partial charge in [-0.2, -0.15) is 5.10 Å². The van der Waals surface area contributed by atoms with Gasteiger partial charge >= 0.3 is 6.03 Å². The molecular formula is C6H11N3O3S. The maximum atomic E-state index is 11.1. The molecule has 0 aromatic carbocycles. The van der Waals surface area contributed by atoms with Crippen LogP contribution in [0.25, 0.3) is 0 Å². The first-order chi connectivity index (χ1) is 5.99. The molecule has 0 atom stereocenters. The van der Waals surface area contributed by atoms with E-state index >= 15 is 0 Å². The summed E-state index contributed by atoms with van der Waals surface area (Å²) >= 11 is 0. The Morgan fingerprint density at radius 3 is 2.77 bits per heavy atom. The molecule has 2 amide bonds. The van der Waals surface area contributed by atoms with Crippen molar-refractivity contribution in [3.8, 4) is 0 Å². The van der Waals surface area contributed by atoms with Crippen LogP contribution in [0.4, 0.5) is 4.79 Å². The lowest BCUT2D eigenvalue weighted by atomic mass is 10.2. The number of nitrogens with zero attached hydrogens (tertiary/aromatic N) is 1. The van der Waals surface area contributed by atoms with Gasteiger partial charge in [0.05, 0.1) is 17.2 Å². The fourth-order valence-electron chi connectivity index (χ4n) is 1.12. The van der Waals surface area contributed by atoms with Crippen molar-refractivity contribution < 1.29 is 13.2 Å². The first-order valence-corrected chi connectivity index (χ1v) is 5.63. The Hall–Kier alpha value is -1.11. The summed E-state index contributed by atoms with van der Waals surface area (Å²) in [6, 6.07) is -0.782. The number of amides is 2. The SMILES string of the molecule is NC(=O)NN=C1CCCS(=O)(=O)C1. The van der Waals surface area contributed by atoms with E-state index in [1.165, 1.54) is 0 Å². The second-order valence-corrected chi connectivity index (χ2v) is 5.03. The van der Waals surface area contributed by atoms with Crippen LogP contribution in [0.1, 0.15) is 12.8 Å². The number of hydrazone groups is 1. The summed E-state index contributed by atoms with van der Waals surface area (Å²) in [5.74, 6) is 0.121. The highest BCUT2D eigenvalue weighted by Gasteiger charge is 2.20. The highest BCUT2D eigenvalue weighted by Crippen LogP contribution is 2.08. The van der Waals surface area contributed by atoms with Gasteiger partial charge in [-0.1, -0.05) is 0 Å². The number of urea groups is 1. The van der Waals surface area contributed by atoms with E-state index in [0.717, 1.165) is 0 Å². The molecule has 3 N–H and O–H groups in total. The third-order valence-corrected chi connectivity index (χ3v) is 3.32. The molecule has 1 aliphatic heterocycles. The molecule has 0 radical (unpaired) electrons. The Morgan fingerprint density at radius 1 is 1.54 bits per heavy atom. The minimum absolute atomic E-state index is 0.0761. The number of sulfone groups is 1. The Bertz CT molecular complexity index is 333. The molecule has 1 aliphatic rings. The van der Waals surface area contributed by atoms with Gasteiger partial charge in [0.1, 0.15) is 0 Å². The molecule has 0 aromatic heterocycles. The number of nitrogens with two attached hydrogens (primary N) is 1. The van der Waals surface area contributed by atoms with E-state index in [9.17, 15) is 13.2 Å². The first-order valence-electron chi connectivity index (χ1n) is 3.81. The maximum Gasteiger partial charge on any atom is 0.332 e. The summed E-state index contributed by atoms with van der Waals surface area (Å²) in [5.41, 5.74) is 7.25. The van der Waals surface area contributed by atoms with Gasteiger partial charge in [-0.3, -0.25) is 0 Å². The van der Waals surface area contributed by atoms with E-state index in [2.05, 4.69) is 5.10 Å². The van der Waals surface area contributed by atoms with Gasteiger partial charge in [0.25, 0.3) is 0 Å². The van der Waals surface area contributed by atoms with E-state index in [4.69, 9.17) is 5.73 Å². The smallest absolute Gasteiger partial charge is 0.332 e. The quantitative estimate of drug-likeness (QED) is 0.549. The minimum Gasteiger partial charge on any atom is -0.350 e. The van der Waals surface area contributed by atoms with Crippen LogP contribution in [-0.4, -0.2) is 31.7 Å². The third-order valence-electron chi connectivity index (χ3n) is 1.63. The normalized spacial score (nSPS) is 24.2. The Kier molecular flexibility index (Phi) is 2.86. The van der Waals surface area contributed by atoms with E-state index in [1.807, 2.05) is 5.43 Å². The number of nitrogens with one attached hydrogen (secondary N) is 1. The van der Waals surface area contributed by atoms with Crippen molar-refractivity contribution in [1.82, 2.24) is 5.43 Å². The molecule has 0 saturated carbocycles. The molecule has 6 nitrogen and oxygen atoms in total. The van der Waals surface area contributed by atoms with Crippen LogP contribution in [0.15, 0.2) is 5.10 Å². The Balaban J connectivity index is 2.62. The first kappa shape index (κ1) is 9.97. The summed E-state index contributed by atoms with van der Waals surface area (Å²) in [6.07, 6.45) is 1.15. The van der Waals surface area contributed by atoms with Crippen LogP contribution in [0.2, 0.25) is 0 Å². The van der Waals surface area contributed by atoms with Gasteiger partial charge in [-0.15, -0.1) is 0 Å². The lowest BCUT2D eigenvalue weighted by molar-refractivity contribution is 0.249. The van der Waals surface area contributed by atoms with E-state index in [-0.39, 0.29) is 11.5 Å². The molecule has 1 heterocycles. The maximum absolute atomic E-state index is 11.1. The van der Waals surface area contributed by atoms with Crippen molar-refractivity contribution in [2.24, 2.45) is 10.8 Å². The number of rotatable bonds is 1. The van der Waals surface area contributed by atoms with Gasteiger partial charge < -0.3 is 5.73 Å². The number of hydrogen-bond donors (Lipinski definition) is 2. The van der Waals surface area contributed by atoms with Gasteiger partial charge in [0.15, 0.2) is 9.84 Å². The van der Waals surface area contributed by atoms with Crippen molar-refractivity contribution in [1.29, 1.82) is 0 Å². The highest BCUT2D eigenvalue weighted by atomic mass is 32.2. The van der Waals surface area contributed by atoms with E-state index in [1.54, 1.807) is 0 Å². The Morgan fingerprint density at radius 2 is 2.23 bits per heavy atom. The van der Waals surface area contributed by atoms with Crippen molar-refractivity contribution in [3.05, 3.63) is 0 Å². The predicted molar refractivity (Wildman–Crippen MR) is 48.0 cm³/mol. The summed E-state index contributed by atoms with van der Waals surface area (Å²) < 4.78 is 22.2. The van der Waals surface area contributed by atoms with Gasteiger partial charge in [-0.05, 0) is 12.8 Å².